The first-order valence-electron chi connectivity index (χ1n) is 30.4. The normalized spacial score (nSPS) is 18.9. The van der Waals surface area contributed by atoms with Crippen LogP contribution in [0.1, 0.15) is 161 Å². The SMILES string of the molecule is Cc1ccccc1-c1cccc(N(c2ccccc2)c2cc3c4c5c2c2cc6ccccc6cc2n5-c2cc5c(cc2B4N(c2ccc4c(c2)C(C)(C)CCC4(C)C)c2cc4c(cc2-3)C(C)(C)CCC4(C)C)C(C)(C)CCC5(C)C)c1. The zero-order chi connectivity index (χ0) is 56.1. The number of para-hydroxylation sites is 1. The van der Waals surface area contributed by atoms with Crippen LogP contribution in [0.15, 0.2) is 164 Å². The molecule has 5 aliphatic rings. The third kappa shape index (κ3) is 7.33. The van der Waals surface area contributed by atoms with E-state index in [1.165, 1.54) is 140 Å². The van der Waals surface area contributed by atoms with Crippen LogP contribution in [0.3, 0.4) is 0 Å². The lowest BCUT2D eigenvalue weighted by Gasteiger charge is -2.48. The molecule has 9 aromatic carbocycles. The van der Waals surface area contributed by atoms with Crippen molar-refractivity contribution in [1.29, 1.82) is 0 Å². The number of aryl methyl sites for hydroxylation is 1. The van der Waals surface area contributed by atoms with E-state index in [1.807, 2.05) is 0 Å². The van der Waals surface area contributed by atoms with Crippen molar-refractivity contribution >= 4 is 78.8 Å². The molecule has 4 heteroatoms. The Morgan fingerprint density at radius 2 is 0.963 bits per heavy atom. The van der Waals surface area contributed by atoms with Crippen molar-refractivity contribution in [1.82, 2.24) is 4.57 Å². The van der Waals surface area contributed by atoms with E-state index >= 15 is 0 Å². The quantitative estimate of drug-likeness (QED) is 0.159. The first kappa shape index (κ1) is 50.6. The maximum atomic E-state index is 2.87. The molecule has 3 heterocycles. The number of aromatic nitrogens is 1. The summed E-state index contributed by atoms with van der Waals surface area (Å²) in [4.78, 5) is 5.47. The highest BCUT2D eigenvalue weighted by Gasteiger charge is 2.50. The highest BCUT2D eigenvalue weighted by molar-refractivity contribution is 6.94. The van der Waals surface area contributed by atoms with Gasteiger partial charge in [0.1, 0.15) is 0 Å². The van der Waals surface area contributed by atoms with E-state index in [4.69, 9.17) is 0 Å². The van der Waals surface area contributed by atoms with Gasteiger partial charge in [0.15, 0.2) is 0 Å². The number of nitrogens with zero attached hydrogens (tertiary/aromatic N) is 3. The Labute approximate surface area is 482 Å². The molecule has 0 bridgehead atoms. The van der Waals surface area contributed by atoms with E-state index in [2.05, 4.69) is 268 Å². The molecular formula is C77H78BN3. The molecule has 2 aliphatic heterocycles. The zero-order valence-corrected chi connectivity index (χ0v) is 50.3. The predicted octanol–water partition coefficient (Wildman–Crippen LogP) is 19.7. The van der Waals surface area contributed by atoms with E-state index in [1.54, 1.807) is 0 Å². The summed E-state index contributed by atoms with van der Waals surface area (Å²) in [6.45, 7) is 32.1. The lowest BCUT2D eigenvalue weighted by atomic mass is 9.43. The monoisotopic (exact) mass is 1060 g/mol. The van der Waals surface area contributed by atoms with Crippen molar-refractivity contribution in [3.8, 4) is 27.9 Å². The second-order valence-corrected chi connectivity index (χ2v) is 29.3. The highest BCUT2D eigenvalue weighted by Crippen LogP contribution is 2.57. The Hall–Kier alpha value is -7.30. The summed E-state index contributed by atoms with van der Waals surface area (Å²) in [7, 11) is 0. The zero-order valence-electron chi connectivity index (χ0n) is 50.3. The van der Waals surface area contributed by atoms with Gasteiger partial charge in [0.2, 0.25) is 0 Å². The fraction of sp³-hybridized carbons (Fsp3) is 0.325. The van der Waals surface area contributed by atoms with Gasteiger partial charge in [0, 0.05) is 44.8 Å². The fourth-order valence-corrected chi connectivity index (χ4v) is 16.2. The molecule has 3 aliphatic carbocycles. The molecule has 0 saturated heterocycles. The minimum absolute atomic E-state index is 0.00134. The minimum Gasteiger partial charge on any atom is -0.376 e. The van der Waals surface area contributed by atoms with E-state index in [9.17, 15) is 0 Å². The lowest BCUT2D eigenvalue weighted by Crippen LogP contribution is -2.61. The summed E-state index contributed by atoms with van der Waals surface area (Å²) in [6.07, 6.45) is 6.96. The van der Waals surface area contributed by atoms with Gasteiger partial charge in [0.05, 0.1) is 16.7 Å². The van der Waals surface area contributed by atoms with Crippen molar-refractivity contribution in [2.75, 3.05) is 9.71 Å². The average Bonchev–Trinajstić information content (AvgIpc) is 4.04. The van der Waals surface area contributed by atoms with Gasteiger partial charge in [0.25, 0.3) is 0 Å². The molecule has 404 valence electrons. The Balaban J connectivity index is 1.16. The first-order chi connectivity index (χ1) is 38.5. The second-order valence-electron chi connectivity index (χ2n) is 29.3. The van der Waals surface area contributed by atoms with Crippen molar-refractivity contribution in [2.24, 2.45) is 0 Å². The molecule has 81 heavy (non-hydrogen) atoms. The van der Waals surface area contributed by atoms with Crippen molar-refractivity contribution < 1.29 is 0 Å². The summed E-state index contributed by atoms with van der Waals surface area (Å²) in [5.74, 6) is 0. The third-order valence-corrected chi connectivity index (χ3v) is 21.4. The van der Waals surface area contributed by atoms with Gasteiger partial charge in [-0.15, -0.1) is 0 Å². The number of hydrogen-bond donors (Lipinski definition) is 0. The first-order valence-corrected chi connectivity index (χ1v) is 30.4. The molecule has 0 fully saturated rings. The Morgan fingerprint density at radius 1 is 0.420 bits per heavy atom. The van der Waals surface area contributed by atoms with E-state index in [0.29, 0.717) is 0 Å². The van der Waals surface area contributed by atoms with Crippen LogP contribution in [0.2, 0.25) is 0 Å². The van der Waals surface area contributed by atoms with E-state index in [0.717, 1.165) is 37.1 Å². The third-order valence-electron chi connectivity index (χ3n) is 21.4. The van der Waals surface area contributed by atoms with Crippen LogP contribution < -0.4 is 20.6 Å². The smallest absolute Gasteiger partial charge is 0.333 e. The standard InChI is InChI=1S/C77H78BN3/c1-47-22-17-20-29-54(47)50-25-21-28-52(38-50)79(51-26-15-14-16-27-51)68-43-56-55-42-60-62(76(10,11)36-34-74(60,6)7)45-66(55)81(53-30-31-58-59(41-53)73(4,5)33-32-72(58,2)3)78-64-44-61-63(77(12,13)37-35-75(61,8)9)46-67(64)80-65-40-49-24-19-18-23-48(49)39-57(65)69(68)71(80)70(56)78/h14-31,38-46H,32-37H2,1-13H3. The lowest BCUT2D eigenvalue weighted by molar-refractivity contribution is 0.332. The topological polar surface area (TPSA) is 11.4 Å². The molecule has 10 aromatic rings. The van der Waals surface area contributed by atoms with Crippen LogP contribution in [-0.2, 0) is 32.5 Å². The maximum Gasteiger partial charge on any atom is 0.333 e. The molecule has 0 radical (unpaired) electrons. The molecule has 0 amide bonds. The van der Waals surface area contributed by atoms with Crippen molar-refractivity contribution in [2.45, 2.75) is 161 Å². The summed E-state index contributed by atoms with van der Waals surface area (Å²) in [5, 5.41) is 5.10. The van der Waals surface area contributed by atoms with Gasteiger partial charge in [-0.2, -0.15) is 0 Å². The van der Waals surface area contributed by atoms with Gasteiger partial charge in [-0.05, 0) is 228 Å². The average molecular weight is 1060 g/mol. The predicted molar refractivity (Wildman–Crippen MR) is 348 cm³/mol. The highest BCUT2D eigenvalue weighted by atomic mass is 15.2. The van der Waals surface area contributed by atoms with Gasteiger partial charge in [-0.25, -0.2) is 0 Å². The van der Waals surface area contributed by atoms with Crippen molar-refractivity contribution in [3.05, 3.63) is 203 Å². The van der Waals surface area contributed by atoms with Crippen LogP contribution in [-0.4, -0.2) is 11.4 Å². The van der Waals surface area contributed by atoms with Crippen LogP contribution >= 0.6 is 0 Å². The molecule has 0 unspecified atom stereocenters. The Morgan fingerprint density at radius 3 is 1.62 bits per heavy atom. The van der Waals surface area contributed by atoms with Gasteiger partial charge in [-0.3, -0.25) is 0 Å². The van der Waals surface area contributed by atoms with Crippen molar-refractivity contribution in [3.63, 3.8) is 0 Å². The largest absolute Gasteiger partial charge is 0.376 e. The fourth-order valence-electron chi connectivity index (χ4n) is 16.2. The Kier molecular flexibility index (Phi) is 10.6. The van der Waals surface area contributed by atoms with Gasteiger partial charge in [-0.1, -0.05) is 174 Å². The number of anilines is 5. The molecule has 0 spiro atoms. The number of hydrogen-bond acceptors (Lipinski definition) is 2. The number of fused-ring (bicyclic) bond motifs is 12. The summed E-state index contributed by atoms with van der Waals surface area (Å²) >= 11 is 0. The van der Waals surface area contributed by atoms with E-state index < -0.39 is 0 Å². The molecule has 15 rings (SSSR count). The maximum absolute atomic E-state index is 2.87. The van der Waals surface area contributed by atoms with E-state index in [-0.39, 0.29) is 39.3 Å². The second kappa shape index (κ2) is 16.9. The van der Waals surface area contributed by atoms with Gasteiger partial charge >= 0.3 is 6.85 Å². The number of benzene rings is 9. The van der Waals surface area contributed by atoms with Crippen LogP contribution in [0.5, 0.6) is 0 Å². The molecule has 0 saturated carbocycles. The summed E-state index contributed by atoms with van der Waals surface area (Å²) < 4.78 is 2.77. The molecular weight excluding hydrogens is 978 g/mol. The van der Waals surface area contributed by atoms with Gasteiger partial charge < -0.3 is 14.3 Å². The van der Waals surface area contributed by atoms with Crippen LogP contribution in [0.25, 0.3) is 60.5 Å². The summed E-state index contributed by atoms with van der Waals surface area (Å²) in [5.41, 5.74) is 28.3. The molecule has 1 aromatic heterocycles. The Bertz CT molecular complexity index is 4330. The summed E-state index contributed by atoms with van der Waals surface area (Å²) in [6, 6.07) is 64.7. The van der Waals surface area contributed by atoms with Crippen LogP contribution in [0.4, 0.5) is 28.4 Å². The molecule has 3 nitrogen and oxygen atoms in total. The molecule has 0 atom stereocenters. The minimum atomic E-state index is -0.124. The molecule has 0 N–H and O–H groups in total. The van der Waals surface area contributed by atoms with Crippen LogP contribution in [0, 0.1) is 6.92 Å². The number of rotatable bonds is 5.